The van der Waals surface area contributed by atoms with Crippen LogP contribution in [-0.2, 0) is 16.0 Å². The van der Waals surface area contributed by atoms with Gasteiger partial charge in [0.1, 0.15) is 0 Å². The molecule has 7 nitrogen and oxygen atoms in total. The number of hydrogen-bond acceptors (Lipinski definition) is 6. The number of fused-ring (bicyclic) bond motifs is 3. The molecule has 1 N–H and O–H groups in total. The summed E-state index contributed by atoms with van der Waals surface area (Å²) in [6.45, 7) is 1.49. The average molecular weight is 399 g/mol. The van der Waals surface area contributed by atoms with Crippen molar-refractivity contribution in [3.63, 3.8) is 0 Å². The van der Waals surface area contributed by atoms with Gasteiger partial charge in [0.25, 0.3) is 0 Å². The Morgan fingerprint density at radius 1 is 1.00 bits per heavy atom. The molecule has 2 aromatic carbocycles. The smallest absolute Gasteiger partial charge is 0.337 e. The van der Waals surface area contributed by atoms with Crippen LogP contribution in [-0.4, -0.2) is 40.3 Å². The van der Waals surface area contributed by atoms with Crippen LogP contribution in [0.15, 0.2) is 24.3 Å². The summed E-state index contributed by atoms with van der Waals surface area (Å²) in [4.78, 5) is 24.0. The van der Waals surface area contributed by atoms with Gasteiger partial charge in [-0.25, -0.2) is 4.79 Å². The van der Waals surface area contributed by atoms with Gasteiger partial charge in [-0.05, 0) is 47.7 Å². The van der Waals surface area contributed by atoms with E-state index in [4.69, 9.17) is 18.9 Å². The van der Waals surface area contributed by atoms with Gasteiger partial charge in [-0.2, -0.15) is 0 Å². The molecule has 7 heteroatoms. The third-order valence-electron chi connectivity index (χ3n) is 5.11. The van der Waals surface area contributed by atoms with Gasteiger partial charge in [-0.1, -0.05) is 6.07 Å². The van der Waals surface area contributed by atoms with Crippen molar-refractivity contribution in [2.45, 2.75) is 25.8 Å². The summed E-state index contributed by atoms with van der Waals surface area (Å²) in [7, 11) is 6.04. The number of methoxy groups -OCH3 is 4. The maximum atomic E-state index is 12.2. The molecule has 2 aromatic rings. The Bertz CT molecular complexity index is 953. The van der Waals surface area contributed by atoms with Crippen LogP contribution in [0, 0.1) is 0 Å². The van der Waals surface area contributed by atoms with E-state index in [2.05, 4.69) is 5.32 Å². The number of benzene rings is 2. The quantitative estimate of drug-likeness (QED) is 0.777. The van der Waals surface area contributed by atoms with Gasteiger partial charge in [0.05, 0.1) is 40.0 Å². The number of esters is 1. The van der Waals surface area contributed by atoms with E-state index in [1.807, 2.05) is 12.1 Å². The average Bonchev–Trinajstić information content (AvgIpc) is 2.87. The number of carbonyl (C=O) groups excluding carboxylic acids is 2. The number of aryl methyl sites for hydroxylation is 1. The van der Waals surface area contributed by atoms with Crippen molar-refractivity contribution in [3.05, 3.63) is 41.0 Å². The lowest BCUT2D eigenvalue weighted by Gasteiger charge is -2.21. The van der Waals surface area contributed by atoms with Crippen molar-refractivity contribution < 1.29 is 28.5 Å². The first-order valence-electron chi connectivity index (χ1n) is 9.26. The zero-order valence-corrected chi connectivity index (χ0v) is 17.3. The van der Waals surface area contributed by atoms with Crippen molar-refractivity contribution in [2.75, 3.05) is 28.4 Å². The predicted octanol–water partition coefficient (Wildman–Crippen LogP) is 3.29. The highest BCUT2D eigenvalue weighted by molar-refractivity contribution is 5.93. The van der Waals surface area contributed by atoms with E-state index >= 15 is 0 Å². The Kier molecular flexibility index (Phi) is 5.96. The first-order chi connectivity index (χ1) is 13.9. The summed E-state index contributed by atoms with van der Waals surface area (Å²) >= 11 is 0. The summed E-state index contributed by atoms with van der Waals surface area (Å²) in [6, 6.07) is 7.05. The van der Waals surface area contributed by atoms with E-state index in [0.29, 0.717) is 35.7 Å². The Balaban J connectivity index is 2.34. The van der Waals surface area contributed by atoms with E-state index < -0.39 is 5.97 Å². The first kappa shape index (κ1) is 20.5. The second-order valence-corrected chi connectivity index (χ2v) is 6.76. The maximum Gasteiger partial charge on any atom is 0.337 e. The lowest BCUT2D eigenvalue weighted by molar-refractivity contribution is -0.119. The summed E-state index contributed by atoms with van der Waals surface area (Å²) in [5.41, 5.74) is 3.90. The standard InChI is InChI=1S/C22H25NO6/c1-12(24)23-17-9-7-13-11-18(26-2)20(27-3)21(28-4)19(13)16-10-14(22(25)29-5)6-8-15(16)17/h6,8,10-11,17H,7,9H2,1-5H3,(H,23,24). The van der Waals surface area contributed by atoms with Crippen LogP contribution in [0.2, 0.25) is 0 Å². The monoisotopic (exact) mass is 399 g/mol. The largest absolute Gasteiger partial charge is 0.493 e. The van der Waals surface area contributed by atoms with Crippen LogP contribution >= 0.6 is 0 Å². The van der Waals surface area contributed by atoms with Gasteiger partial charge in [0, 0.05) is 12.5 Å². The molecule has 0 spiro atoms. The molecule has 1 aliphatic rings. The minimum atomic E-state index is -0.436. The topological polar surface area (TPSA) is 83.1 Å². The Hall–Kier alpha value is -3.22. The highest BCUT2D eigenvalue weighted by Crippen LogP contribution is 2.50. The summed E-state index contributed by atoms with van der Waals surface area (Å²) in [5, 5.41) is 3.01. The SMILES string of the molecule is COC(=O)c1ccc2c(c1)-c1c(cc(OC)c(OC)c1OC)CCC2NC(C)=O. The molecule has 0 bridgehead atoms. The molecule has 3 rings (SSSR count). The summed E-state index contributed by atoms with van der Waals surface area (Å²) < 4.78 is 21.7. The molecule has 0 heterocycles. The van der Waals surface area contributed by atoms with Crippen LogP contribution in [0.5, 0.6) is 17.2 Å². The Labute approximate surface area is 169 Å². The van der Waals surface area contributed by atoms with Gasteiger partial charge in [0.2, 0.25) is 11.7 Å². The Morgan fingerprint density at radius 2 is 1.72 bits per heavy atom. The molecular weight excluding hydrogens is 374 g/mol. The van der Waals surface area contributed by atoms with Gasteiger partial charge >= 0.3 is 5.97 Å². The Morgan fingerprint density at radius 3 is 2.31 bits per heavy atom. The minimum Gasteiger partial charge on any atom is -0.493 e. The summed E-state index contributed by atoms with van der Waals surface area (Å²) in [6.07, 6.45) is 1.37. The van der Waals surface area contributed by atoms with Crippen LogP contribution in [0.1, 0.15) is 40.9 Å². The fraction of sp³-hybridized carbons (Fsp3) is 0.364. The van der Waals surface area contributed by atoms with E-state index in [1.165, 1.54) is 14.0 Å². The first-order valence-corrected chi connectivity index (χ1v) is 9.26. The van der Waals surface area contributed by atoms with Crippen LogP contribution < -0.4 is 19.5 Å². The van der Waals surface area contributed by atoms with Crippen LogP contribution in [0.4, 0.5) is 0 Å². The van der Waals surface area contributed by atoms with Crippen molar-refractivity contribution in [2.24, 2.45) is 0 Å². The zero-order chi connectivity index (χ0) is 21.1. The van der Waals surface area contributed by atoms with E-state index in [0.717, 1.165) is 22.3 Å². The molecule has 1 unspecified atom stereocenters. The van der Waals surface area contributed by atoms with E-state index in [9.17, 15) is 9.59 Å². The van der Waals surface area contributed by atoms with Crippen molar-refractivity contribution in [1.82, 2.24) is 5.32 Å². The minimum absolute atomic E-state index is 0.119. The predicted molar refractivity (Wildman–Crippen MR) is 108 cm³/mol. The number of carbonyl (C=O) groups is 2. The van der Waals surface area contributed by atoms with E-state index in [-0.39, 0.29) is 11.9 Å². The lowest BCUT2D eigenvalue weighted by Crippen LogP contribution is -2.26. The number of rotatable bonds is 5. The molecule has 0 aromatic heterocycles. The molecule has 0 saturated heterocycles. The second-order valence-electron chi connectivity index (χ2n) is 6.76. The van der Waals surface area contributed by atoms with Crippen molar-refractivity contribution in [3.8, 4) is 28.4 Å². The molecule has 0 fully saturated rings. The molecule has 1 atom stereocenters. The van der Waals surface area contributed by atoms with Crippen LogP contribution in [0.25, 0.3) is 11.1 Å². The highest BCUT2D eigenvalue weighted by atomic mass is 16.5. The maximum absolute atomic E-state index is 12.2. The molecular formula is C22H25NO6. The molecule has 0 aliphatic heterocycles. The lowest BCUT2D eigenvalue weighted by atomic mass is 9.92. The van der Waals surface area contributed by atoms with E-state index in [1.54, 1.807) is 33.5 Å². The zero-order valence-electron chi connectivity index (χ0n) is 17.3. The second kappa shape index (κ2) is 8.43. The molecule has 0 saturated carbocycles. The third-order valence-corrected chi connectivity index (χ3v) is 5.11. The molecule has 1 aliphatic carbocycles. The number of nitrogens with one attached hydrogen (secondary N) is 1. The number of amides is 1. The fourth-order valence-electron chi connectivity index (χ4n) is 3.87. The summed E-state index contributed by atoms with van der Waals surface area (Å²) in [5.74, 6) is 1.00. The molecule has 29 heavy (non-hydrogen) atoms. The van der Waals surface area contributed by atoms with Crippen molar-refractivity contribution in [1.29, 1.82) is 0 Å². The third kappa shape index (κ3) is 3.72. The fourth-order valence-corrected chi connectivity index (χ4v) is 3.87. The number of ether oxygens (including phenoxy) is 4. The van der Waals surface area contributed by atoms with Crippen LogP contribution in [0.3, 0.4) is 0 Å². The molecule has 154 valence electrons. The van der Waals surface area contributed by atoms with Gasteiger partial charge < -0.3 is 24.3 Å². The highest BCUT2D eigenvalue weighted by Gasteiger charge is 2.30. The normalized spacial score (nSPS) is 14.7. The molecule has 1 amide bonds. The van der Waals surface area contributed by atoms with Gasteiger partial charge in [-0.3, -0.25) is 4.79 Å². The molecule has 0 radical (unpaired) electrons. The van der Waals surface area contributed by atoms with Gasteiger partial charge in [-0.15, -0.1) is 0 Å². The van der Waals surface area contributed by atoms with Crippen molar-refractivity contribution >= 4 is 11.9 Å². The number of hydrogen-bond donors (Lipinski definition) is 1. The van der Waals surface area contributed by atoms with Gasteiger partial charge in [0.15, 0.2) is 11.5 Å².